The molecule has 1 aromatic carbocycles. The zero-order valence-electron chi connectivity index (χ0n) is 9.67. The fourth-order valence-electron chi connectivity index (χ4n) is 1.38. The smallest absolute Gasteiger partial charge is 0.238 e. The number of hydrogen-bond donors (Lipinski definition) is 1. The number of nitrogens with zero attached hydrogens (tertiary/aromatic N) is 1. The second-order valence-corrected chi connectivity index (χ2v) is 5.15. The second kappa shape index (κ2) is 5.17. The van der Waals surface area contributed by atoms with Gasteiger partial charge in [0.1, 0.15) is 11.8 Å². The Hall–Kier alpha value is -1.58. The molecule has 6 heteroatoms. The predicted molar refractivity (Wildman–Crippen MR) is 62.9 cm³/mol. The van der Waals surface area contributed by atoms with Crippen molar-refractivity contribution in [3.05, 3.63) is 23.8 Å². The maximum Gasteiger partial charge on any atom is 0.238 e. The Labute approximate surface area is 101 Å². The van der Waals surface area contributed by atoms with E-state index < -0.39 is 16.1 Å². The van der Waals surface area contributed by atoms with Crippen LogP contribution in [0.2, 0.25) is 0 Å². The van der Waals surface area contributed by atoms with Crippen LogP contribution < -0.4 is 9.88 Å². The van der Waals surface area contributed by atoms with Gasteiger partial charge in [-0.05, 0) is 37.1 Å². The summed E-state index contributed by atoms with van der Waals surface area (Å²) in [7, 11) is -3.71. The number of ether oxygens (including phenoxy) is 1. The Kier molecular flexibility index (Phi) is 4.10. The van der Waals surface area contributed by atoms with E-state index in [9.17, 15) is 8.42 Å². The number of nitriles is 1. The van der Waals surface area contributed by atoms with Gasteiger partial charge in [0.15, 0.2) is 6.10 Å². The molecule has 0 aliphatic rings. The maximum atomic E-state index is 11.2. The van der Waals surface area contributed by atoms with Crippen molar-refractivity contribution >= 4 is 10.0 Å². The van der Waals surface area contributed by atoms with E-state index in [1.807, 2.05) is 13.0 Å². The van der Waals surface area contributed by atoms with Crippen molar-refractivity contribution in [3.63, 3.8) is 0 Å². The zero-order chi connectivity index (χ0) is 13.1. The molecule has 2 N–H and O–H groups in total. The Morgan fingerprint density at radius 1 is 1.53 bits per heavy atom. The summed E-state index contributed by atoms with van der Waals surface area (Å²) in [6.45, 7) is 3.46. The average molecular weight is 254 g/mol. The topological polar surface area (TPSA) is 93.2 Å². The van der Waals surface area contributed by atoms with Gasteiger partial charge in [0, 0.05) is 0 Å². The van der Waals surface area contributed by atoms with Crippen molar-refractivity contribution in [1.29, 1.82) is 5.26 Å². The number of benzene rings is 1. The van der Waals surface area contributed by atoms with Crippen molar-refractivity contribution in [2.45, 2.75) is 31.3 Å². The van der Waals surface area contributed by atoms with Crippen LogP contribution in [0, 0.1) is 18.3 Å². The van der Waals surface area contributed by atoms with Crippen LogP contribution in [-0.2, 0) is 10.0 Å². The average Bonchev–Trinajstić information content (AvgIpc) is 2.24. The van der Waals surface area contributed by atoms with E-state index in [-0.39, 0.29) is 4.90 Å². The first-order valence-corrected chi connectivity index (χ1v) is 6.62. The summed E-state index contributed by atoms with van der Waals surface area (Å²) < 4.78 is 27.7. The molecule has 0 radical (unpaired) electrons. The largest absolute Gasteiger partial charge is 0.476 e. The van der Waals surface area contributed by atoms with Crippen LogP contribution in [0.25, 0.3) is 0 Å². The minimum atomic E-state index is -3.71. The number of rotatable bonds is 4. The molecule has 1 aromatic rings. The highest BCUT2D eigenvalue weighted by Gasteiger charge is 2.13. The summed E-state index contributed by atoms with van der Waals surface area (Å²) in [6.07, 6.45) is 0.0293. The third kappa shape index (κ3) is 3.44. The van der Waals surface area contributed by atoms with E-state index >= 15 is 0 Å². The normalized spacial score (nSPS) is 12.8. The van der Waals surface area contributed by atoms with E-state index in [0.717, 1.165) is 0 Å². The SMILES string of the molecule is CCC(C#N)Oc1ccc(S(N)(=O)=O)c(C)c1. The molecule has 0 saturated carbocycles. The van der Waals surface area contributed by atoms with E-state index in [0.29, 0.717) is 17.7 Å². The van der Waals surface area contributed by atoms with Crippen molar-refractivity contribution in [2.75, 3.05) is 0 Å². The fraction of sp³-hybridized carbons (Fsp3) is 0.364. The molecule has 0 aliphatic heterocycles. The molecule has 0 bridgehead atoms. The third-order valence-corrected chi connectivity index (χ3v) is 3.32. The summed E-state index contributed by atoms with van der Waals surface area (Å²) in [6, 6.07) is 6.43. The molecule has 92 valence electrons. The molecule has 1 rings (SSSR count). The summed E-state index contributed by atoms with van der Waals surface area (Å²) in [4.78, 5) is 0.0647. The maximum absolute atomic E-state index is 11.2. The standard InChI is InChI=1S/C11H14N2O3S/c1-3-9(7-12)16-10-4-5-11(8(2)6-10)17(13,14)15/h4-6,9H,3H2,1-2H3,(H2,13,14,15). The van der Waals surface area contributed by atoms with E-state index in [1.54, 1.807) is 13.0 Å². The van der Waals surface area contributed by atoms with Crippen LogP contribution in [0.1, 0.15) is 18.9 Å². The number of nitrogens with two attached hydrogens (primary N) is 1. The molecule has 0 amide bonds. The van der Waals surface area contributed by atoms with Gasteiger partial charge in [-0.25, -0.2) is 13.6 Å². The lowest BCUT2D eigenvalue weighted by Gasteiger charge is -2.11. The lowest BCUT2D eigenvalue weighted by Crippen LogP contribution is -2.15. The van der Waals surface area contributed by atoms with Crippen molar-refractivity contribution in [1.82, 2.24) is 0 Å². The summed E-state index contributed by atoms with van der Waals surface area (Å²) >= 11 is 0. The number of sulfonamides is 1. The predicted octanol–water partition coefficient (Wildman–Crippen LogP) is 1.32. The molecule has 5 nitrogen and oxygen atoms in total. The number of aryl methyl sites for hydroxylation is 1. The van der Waals surface area contributed by atoms with Gasteiger partial charge in [-0.15, -0.1) is 0 Å². The fourth-order valence-corrected chi connectivity index (χ4v) is 2.15. The highest BCUT2D eigenvalue weighted by Crippen LogP contribution is 2.21. The lowest BCUT2D eigenvalue weighted by atomic mass is 10.2. The molecule has 0 heterocycles. The molecule has 0 spiro atoms. The molecule has 0 aliphatic carbocycles. The first-order valence-electron chi connectivity index (χ1n) is 5.08. The van der Waals surface area contributed by atoms with Crippen LogP contribution in [0.5, 0.6) is 5.75 Å². The van der Waals surface area contributed by atoms with Crippen LogP contribution in [0.15, 0.2) is 23.1 Å². The Morgan fingerprint density at radius 2 is 2.18 bits per heavy atom. The van der Waals surface area contributed by atoms with Crippen LogP contribution >= 0.6 is 0 Å². The second-order valence-electron chi connectivity index (χ2n) is 3.62. The number of primary sulfonamides is 1. The molecule has 0 aromatic heterocycles. The Bertz CT molecular complexity index is 546. The van der Waals surface area contributed by atoms with Gasteiger partial charge in [-0.3, -0.25) is 0 Å². The number of hydrogen-bond acceptors (Lipinski definition) is 4. The van der Waals surface area contributed by atoms with Gasteiger partial charge < -0.3 is 4.74 Å². The van der Waals surface area contributed by atoms with Crippen molar-refractivity contribution in [3.8, 4) is 11.8 Å². The van der Waals surface area contributed by atoms with E-state index in [1.165, 1.54) is 12.1 Å². The molecule has 17 heavy (non-hydrogen) atoms. The van der Waals surface area contributed by atoms with Crippen LogP contribution in [0.3, 0.4) is 0 Å². The first kappa shape index (κ1) is 13.5. The highest BCUT2D eigenvalue weighted by molar-refractivity contribution is 7.89. The first-order chi connectivity index (χ1) is 7.88. The van der Waals surface area contributed by atoms with Gasteiger partial charge in [0.2, 0.25) is 10.0 Å². The van der Waals surface area contributed by atoms with E-state index in [4.69, 9.17) is 15.1 Å². The lowest BCUT2D eigenvalue weighted by molar-refractivity contribution is 0.251. The summed E-state index contributed by atoms with van der Waals surface area (Å²) in [5, 5.41) is 13.8. The van der Waals surface area contributed by atoms with Crippen LogP contribution in [-0.4, -0.2) is 14.5 Å². The van der Waals surface area contributed by atoms with Crippen LogP contribution in [0.4, 0.5) is 0 Å². The van der Waals surface area contributed by atoms with E-state index in [2.05, 4.69) is 0 Å². The minimum Gasteiger partial charge on any atom is -0.476 e. The Balaban J connectivity index is 3.02. The summed E-state index contributed by atoms with van der Waals surface area (Å²) in [5.74, 6) is 0.461. The van der Waals surface area contributed by atoms with Gasteiger partial charge >= 0.3 is 0 Å². The monoisotopic (exact) mass is 254 g/mol. The van der Waals surface area contributed by atoms with Crippen molar-refractivity contribution in [2.24, 2.45) is 5.14 Å². The molecular formula is C11H14N2O3S. The van der Waals surface area contributed by atoms with Gasteiger partial charge in [0.05, 0.1) is 4.90 Å². The van der Waals surface area contributed by atoms with Gasteiger partial charge in [-0.2, -0.15) is 5.26 Å². The Morgan fingerprint density at radius 3 is 2.59 bits per heavy atom. The minimum absolute atomic E-state index is 0.0647. The zero-order valence-corrected chi connectivity index (χ0v) is 10.5. The summed E-state index contributed by atoms with van der Waals surface area (Å²) in [5.41, 5.74) is 0.498. The van der Waals surface area contributed by atoms with Gasteiger partial charge in [-0.1, -0.05) is 6.92 Å². The van der Waals surface area contributed by atoms with Gasteiger partial charge in [0.25, 0.3) is 0 Å². The highest BCUT2D eigenvalue weighted by atomic mass is 32.2. The molecular weight excluding hydrogens is 240 g/mol. The molecule has 1 unspecified atom stereocenters. The third-order valence-electron chi connectivity index (χ3n) is 2.25. The molecule has 0 fully saturated rings. The molecule has 0 saturated heterocycles. The molecule has 1 atom stereocenters. The quantitative estimate of drug-likeness (QED) is 0.876. The van der Waals surface area contributed by atoms with Crippen molar-refractivity contribution < 1.29 is 13.2 Å².